The lowest BCUT2D eigenvalue weighted by molar-refractivity contribution is 0.102. The molecule has 1 amide bonds. The molecule has 0 saturated carbocycles. The zero-order chi connectivity index (χ0) is 17.9. The van der Waals surface area contributed by atoms with Crippen LogP contribution >= 0.6 is 0 Å². The van der Waals surface area contributed by atoms with Crippen molar-refractivity contribution in [2.24, 2.45) is 0 Å². The van der Waals surface area contributed by atoms with E-state index in [-0.39, 0.29) is 11.7 Å². The topological polar surface area (TPSA) is 44.9 Å². The van der Waals surface area contributed by atoms with Crippen molar-refractivity contribution in [1.82, 2.24) is 4.98 Å². The maximum Gasteiger partial charge on any atom is 0.255 e. The number of hydrogen-bond donors (Lipinski definition) is 2. The highest BCUT2D eigenvalue weighted by atomic mass is 19.1. The van der Waals surface area contributed by atoms with Crippen LogP contribution in [0.15, 0.2) is 79.0 Å². The molecule has 128 valence electrons. The maximum absolute atomic E-state index is 13.3. The first-order valence-corrected chi connectivity index (χ1v) is 8.39. The molecule has 0 aliphatic carbocycles. The molecular formula is C22H17FN2O. The first kappa shape index (κ1) is 16.1. The van der Waals surface area contributed by atoms with E-state index < -0.39 is 0 Å². The van der Waals surface area contributed by atoms with Gasteiger partial charge in [-0.1, -0.05) is 24.3 Å². The summed E-state index contributed by atoms with van der Waals surface area (Å²) in [6.45, 7) is 0. The van der Waals surface area contributed by atoms with Gasteiger partial charge in [0.2, 0.25) is 0 Å². The molecule has 1 heterocycles. The number of carbonyl (C=O) groups excluding carboxylic acids is 1. The van der Waals surface area contributed by atoms with Gasteiger partial charge in [-0.3, -0.25) is 4.79 Å². The van der Waals surface area contributed by atoms with Gasteiger partial charge >= 0.3 is 0 Å². The monoisotopic (exact) mass is 344 g/mol. The van der Waals surface area contributed by atoms with Crippen LogP contribution in [0.25, 0.3) is 10.9 Å². The third-order valence-corrected chi connectivity index (χ3v) is 4.30. The Balaban J connectivity index is 1.53. The number of H-pyrrole nitrogens is 1. The number of aromatic amines is 1. The minimum atomic E-state index is -0.378. The van der Waals surface area contributed by atoms with E-state index in [0.717, 1.165) is 17.5 Å². The number of halogens is 1. The number of hydrogen-bond acceptors (Lipinski definition) is 1. The molecule has 0 bridgehead atoms. The summed E-state index contributed by atoms with van der Waals surface area (Å²) in [4.78, 5) is 15.6. The van der Waals surface area contributed by atoms with Gasteiger partial charge in [-0.25, -0.2) is 4.39 Å². The summed E-state index contributed by atoms with van der Waals surface area (Å²) in [6, 6.07) is 21.7. The number of rotatable bonds is 4. The van der Waals surface area contributed by atoms with Gasteiger partial charge in [0.15, 0.2) is 0 Å². The summed E-state index contributed by atoms with van der Waals surface area (Å²) in [5, 5.41) is 3.90. The predicted molar refractivity (Wildman–Crippen MR) is 102 cm³/mol. The van der Waals surface area contributed by atoms with Gasteiger partial charge in [-0.2, -0.15) is 0 Å². The molecule has 2 N–H and O–H groups in total. The van der Waals surface area contributed by atoms with Gasteiger partial charge in [0.1, 0.15) is 5.82 Å². The van der Waals surface area contributed by atoms with Gasteiger partial charge < -0.3 is 10.3 Å². The van der Waals surface area contributed by atoms with Gasteiger partial charge in [0.25, 0.3) is 5.91 Å². The minimum absolute atomic E-state index is 0.251. The Kier molecular flexibility index (Phi) is 4.23. The van der Waals surface area contributed by atoms with E-state index in [1.54, 1.807) is 18.2 Å². The molecule has 0 saturated heterocycles. The lowest BCUT2D eigenvalue weighted by Gasteiger charge is -2.08. The van der Waals surface area contributed by atoms with Crippen LogP contribution in [0.4, 0.5) is 10.1 Å². The minimum Gasteiger partial charge on any atom is -0.361 e. The zero-order valence-electron chi connectivity index (χ0n) is 14.0. The molecule has 0 aliphatic heterocycles. The van der Waals surface area contributed by atoms with Crippen molar-refractivity contribution in [2.75, 3.05) is 5.32 Å². The molecule has 0 fully saturated rings. The average molecular weight is 344 g/mol. The van der Waals surface area contributed by atoms with E-state index in [1.807, 2.05) is 30.5 Å². The molecule has 0 unspecified atom stereocenters. The summed E-state index contributed by atoms with van der Waals surface area (Å²) in [6.07, 6.45) is 2.66. The van der Waals surface area contributed by atoms with Gasteiger partial charge in [-0.05, 0) is 71.5 Å². The first-order chi connectivity index (χ1) is 12.7. The van der Waals surface area contributed by atoms with Crippen LogP contribution in [0.3, 0.4) is 0 Å². The Labute approximate surface area is 150 Å². The fourth-order valence-electron chi connectivity index (χ4n) is 3.04. The van der Waals surface area contributed by atoms with Crippen molar-refractivity contribution in [3.63, 3.8) is 0 Å². The van der Waals surface area contributed by atoms with E-state index >= 15 is 0 Å². The van der Waals surface area contributed by atoms with Crippen LogP contribution in [0.2, 0.25) is 0 Å². The standard InChI is InChI=1S/C22H17FN2O/c23-19-5-2-6-20(14-19)25-22(26)18-4-1-3-15(13-18)11-16-7-8-21-17(12-16)9-10-24-21/h1-10,12-14,24H,11H2,(H,25,26). The third-order valence-electron chi connectivity index (χ3n) is 4.30. The number of nitrogens with one attached hydrogen (secondary N) is 2. The van der Waals surface area contributed by atoms with E-state index in [0.29, 0.717) is 11.3 Å². The molecule has 4 aromatic rings. The van der Waals surface area contributed by atoms with Crippen LogP contribution in [0, 0.1) is 5.82 Å². The second kappa shape index (κ2) is 6.84. The van der Waals surface area contributed by atoms with Crippen molar-refractivity contribution in [3.8, 4) is 0 Å². The fraction of sp³-hybridized carbons (Fsp3) is 0.0455. The lowest BCUT2D eigenvalue weighted by Crippen LogP contribution is -2.12. The number of amides is 1. The molecule has 4 heteroatoms. The van der Waals surface area contributed by atoms with Crippen molar-refractivity contribution in [2.45, 2.75) is 6.42 Å². The molecule has 4 rings (SSSR count). The van der Waals surface area contributed by atoms with E-state index in [9.17, 15) is 9.18 Å². The first-order valence-electron chi connectivity index (χ1n) is 8.39. The molecule has 0 radical (unpaired) electrons. The normalized spacial score (nSPS) is 10.8. The SMILES string of the molecule is O=C(Nc1cccc(F)c1)c1cccc(Cc2ccc3[nH]ccc3c2)c1. The molecule has 3 nitrogen and oxygen atoms in total. The summed E-state index contributed by atoms with van der Waals surface area (Å²) in [7, 11) is 0. The molecule has 26 heavy (non-hydrogen) atoms. The average Bonchev–Trinajstić information content (AvgIpc) is 3.10. The predicted octanol–water partition coefficient (Wildman–Crippen LogP) is 5.15. The van der Waals surface area contributed by atoms with Crippen LogP contribution in [0.5, 0.6) is 0 Å². The van der Waals surface area contributed by atoms with Crippen LogP contribution < -0.4 is 5.32 Å². The zero-order valence-corrected chi connectivity index (χ0v) is 14.0. The van der Waals surface area contributed by atoms with Crippen LogP contribution in [-0.4, -0.2) is 10.9 Å². The smallest absolute Gasteiger partial charge is 0.255 e. The highest BCUT2D eigenvalue weighted by Crippen LogP contribution is 2.18. The largest absolute Gasteiger partial charge is 0.361 e. The van der Waals surface area contributed by atoms with Crippen LogP contribution in [0.1, 0.15) is 21.5 Å². The van der Waals surface area contributed by atoms with Crippen LogP contribution in [-0.2, 0) is 6.42 Å². The summed E-state index contributed by atoms with van der Waals surface area (Å²) < 4.78 is 13.3. The van der Waals surface area contributed by atoms with Crippen molar-refractivity contribution < 1.29 is 9.18 Å². The molecule has 0 aliphatic rings. The molecular weight excluding hydrogens is 327 g/mol. The quantitative estimate of drug-likeness (QED) is 0.528. The Bertz CT molecular complexity index is 1080. The van der Waals surface area contributed by atoms with E-state index in [4.69, 9.17) is 0 Å². The molecule has 0 atom stereocenters. The number of aromatic nitrogens is 1. The number of fused-ring (bicyclic) bond motifs is 1. The Morgan fingerprint density at radius 1 is 0.923 bits per heavy atom. The van der Waals surface area contributed by atoms with E-state index in [1.165, 1.54) is 23.1 Å². The Hall–Kier alpha value is -3.40. The third kappa shape index (κ3) is 3.49. The number of carbonyl (C=O) groups is 1. The summed E-state index contributed by atoms with van der Waals surface area (Å²) in [5.41, 5.74) is 4.33. The van der Waals surface area contributed by atoms with Crippen molar-refractivity contribution in [3.05, 3.63) is 102 Å². The summed E-state index contributed by atoms with van der Waals surface area (Å²) >= 11 is 0. The van der Waals surface area contributed by atoms with E-state index in [2.05, 4.69) is 28.5 Å². The highest BCUT2D eigenvalue weighted by molar-refractivity contribution is 6.04. The van der Waals surface area contributed by atoms with Crippen molar-refractivity contribution in [1.29, 1.82) is 0 Å². The van der Waals surface area contributed by atoms with Crippen molar-refractivity contribution >= 4 is 22.5 Å². The molecule has 3 aromatic carbocycles. The second-order valence-electron chi connectivity index (χ2n) is 6.24. The van der Waals surface area contributed by atoms with Gasteiger partial charge in [0, 0.05) is 23.0 Å². The fourth-order valence-corrected chi connectivity index (χ4v) is 3.04. The highest BCUT2D eigenvalue weighted by Gasteiger charge is 2.08. The lowest BCUT2D eigenvalue weighted by atomic mass is 10.0. The van der Waals surface area contributed by atoms with Gasteiger partial charge in [0.05, 0.1) is 0 Å². The Morgan fingerprint density at radius 3 is 2.65 bits per heavy atom. The van der Waals surface area contributed by atoms with Gasteiger partial charge in [-0.15, -0.1) is 0 Å². The molecule has 0 spiro atoms. The Morgan fingerprint density at radius 2 is 1.77 bits per heavy atom. The second-order valence-corrected chi connectivity index (χ2v) is 6.24. The number of benzene rings is 3. The number of anilines is 1. The maximum atomic E-state index is 13.3. The summed E-state index contributed by atoms with van der Waals surface area (Å²) in [5.74, 6) is -0.629. The molecule has 1 aromatic heterocycles.